The van der Waals surface area contributed by atoms with Gasteiger partial charge in [0.15, 0.2) is 0 Å². The lowest BCUT2D eigenvalue weighted by Gasteiger charge is -2.47. The number of pyridine rings is 1. The van der Waals surface area contributed by atoms with E-state index in [0.717, 1.165) is 61.8 Å². The van der Waals surface area contributed by atoms with Gasteiger partial charge in [0, 0.05) is 50.7 Å². The van der Waals surface area contributed by atoms with Gasteiger partial charge < -0.3 is 25.2 Å². The minimum atomic E-state index is -0.736. The van der Waals surface area contributed by atoms with E-state index in [-0.39, 0.29) is 29.2 Å². The summed E-state index contributed by atoms with van der Waals surface area (Å²) in [7, 11) is 0. The summed E-state index contributed by atoms with van der Waals surface area (Å²) in [5.74, 6) is 0.563. The molecule has 7 heteroatoms. The van der Waals surface area contributed by atoms with Gasteiger partial charge in [-0.25, -0.2) is 4.98 Å². The summed E-state index contributed by atoms with van der Waals surface area (Å²) in [6, 6.07) is 11.8. The summed E-state index contributed by atoms with van der Waals surface area (Å²) in [5, 5.41) is 17.7. The van der Waals surface area contributed by atoms with Gasteiger partial charge in [-0.05, 0) is 62.6 Å². The van der Waals surface area contributed by atoms with Crippen molar-refractivity contribution in [2.75, 3.05) is 13.2 Å². The van der Waals surface area contributed by atoms with Crippen molar-refractivity contribution >= 4 is 5.91 Å². The van der Waals surface area contributed by atoms with Crippen LogP contribution in [0.25, 0.3) is 0 Å². The molecule has 1 aromatic carbocycles. The fourth-order valence-corrected chi connectivity index (χ4v) is 5.96. The number of nitrogens with zero attached hydrogens (tertiary/aromatic N) is 1. The maximum atomic E-state index is 11.9. The number of aliphatic hydroxyl groups excluding tert-OH is 1. The fourth-order valence-electron chi connectivity index (χ4n) is 5.96. The number of benzene rings is 1. The van der Waals surface area contributed by atoms with Crippen LogP contribution in [0, 0.1) is 0 Å². The quantitative estimate of drug-likeness (QED) is 0.494. The van der Waals surface area contributed by atoms with Crippen LogP contribution in [0.5, 0.6) is 5.88 Å². The normalized spacial score (nSPS) is 25.9. The van der Waals surface area contributed by atoms with E-state index in [2.05, 4.69) is 23.6 Å². The number of nitrogens with one attached hydrogen (secondary N) is 2. The molecule has 36 heavy (non-hydrogen) atoms. The molecule has 0 unspecified atom stereocenters. The van der Waals surface area contributed by atoms with Crippen LogP contribution >= 0.6 is 0 Å². The second-order valence-corrected chi connectivity index (χ2v) is 11.2. The minimum Gasteiger partial charge on any atom is -0.471 e. The zero-order valence-electron chi connectivity index (χ0n) is 21.5. The highest BCUT2D eigenvalue weighted by Gasteiger charge is 2.46. The van der Waals surface area contributed by atoms with Gasteiger partial charge in [0.25, 0.3) is 0 Å². The van der Waals surface area contributed by atoms with E-state index in [0.29, 0.717) is 18.8 Å². The molecule has 5 rings (SSSR count). The summed E-state index contributed by atoms with van der Waals surface area (Å²) >= 11 is 0. The minimum absolute atomic E-state index is 0.0307. The van der Waals surface area contributed by atoms with Gasteiger partial charge in [-0.3, -0.25) is 4.79 Å². The number of carbonyl (C=O) groups is 1. The van der Waals surface area contributed by atoms with Crippen LogP contribution in [0.1, 0.15) is 75.1 Å². The summed E-state index contributed by atoms with van der Waals surface area (Å²) in [4.78, 5) is 16.6. The number of hydrogen-bond acceptors (Lipinski definition) is 6. The maximum Gasteiger partial charge on any atom is 0.218 e. The maximum absolute atomic E-state index is 11.9. The average molecular weight is 494 g/mol. The monoisotopic (exact) mass is 493 g/mol. The molecule has 1 aromatic heterocycles. The summed E-state index contributed by atoms with van der Waals surface area (Å²) in [6.45, 7) is 4.86. The zero-order chi connectivity index (χ0) is 25.2. The van der Waals surface area contributed by atoms with Crippen LogP contribution in [0.2, 0.25) is 0 Å². The molecule has 2 aliphatic heterocycles. The molecule has 3 aliphatic rings. The first-order chi connectivity index (χ1) is 17.3. The van der Waals surface area contributed by atoms with Crippen molar-refractivity contribution in [1.29, 1.82) is 0 Å². The Morgan fingerprint density at radius 2 is 2.00 bits per heavy atom. The highest BCUT2D eigenvalue weighted by Crippen LogP contribution is 2.48. The van der Waals surface area contributed by atoms with Gasteiger partial charge in [-0.2, -0.15) is 0 Å². The average Bonchev–Trinajstić information content (AvgIpc) is 3.27. The highest BCUT2D eigenvalue weighted by atomic mass is 16.5. The third-order valence-corrected chi connectivity index (χ3v) is 8.07. The van der Waals surface area contributed by atoms with Crippen molar-refractivity contribution in [2.24, 2.45) is 0 Å². The summed E-state index contributed by atoms with van der Waals surface area (Å²) in [5.41, 5.74) is 2.99. The van der Waals surface area contributed by atoms with E-state index in [1.165, 1.54) is 13.3 Å². The van der Waals surface area contributed by atoms with E-state index >= 15 is 0 Å². The lowest BCUT2D eigenvalue weighted by molar-refractivity contribution is -0.120. The molecule has 2 aromatic rings. The molecule has 4 atom stereocenters. The predicted molar refractivity (Wildman–Crippen MR) is 138 cm³/mol. The number of hydrogen-bond donors (Lipinski definition) is 3. The van der Waals surface area contributed by atoms with Gasteiger partial charge in [-0.15, -0.1) is 0 Å². The number of amides is 1. The standard InChI is InChI=1S/C29H39N3O4/c1-20(33)32-24(15-21-8-4-3-5-9-21)26(34)19-30-25-17-29(11-6-12-29)36-27-23(25)14-22(18-31-27)16-28(2)10-7-13-35-28/h3-5,8-9,14,18,24-26,30,34H,6-7,10-13,15-17,19H2,1-2H3,(H,32,33)/t24-,25-,26-,28-/m0/s1. The van der Waals surface area contributed by atoms with Crippen molar-refractivity contribution in [3.63, 3.8) is 0 Å². The van der Waals surface area contributed by atoms with Crippen molar-refractivity contribution < 1.29 is 19.4 Å². The van der Waals surface area contributed by atoms with Crippen LogP contribution in [0.4, 0.5) is 0 Å². The van der Waals surface area contributed by atoms with Crippen LogP contribution in [-0.4, -0.2) is 52.5 Å². The smallest absolute Gasteiger partial charge is 0.218 e. The first-order valence-electron chi connectivity index (χ1n) is 13.4. The van der Waals surface area contributed by atoms with Crippen LogP contribution in [-0.2, 0) is 22.4 Å². The molecule has 1 aliphatic carbocycles. The van der Waals surface area contributed by atoms with E-state index in [1.54, 1.807) is 0 Å². The van der Waals surface area contributed by atoms with Crippen molar-refractivity contribution in [3.05, 3.63) is 59.3 Å². The van der Waals surface area contributed by atoms with Gasteiger partial charge in [0.05, 0.1) is 17.7 Å². The van der Waals surface area contributed by atoms with Crippen molar-refractivity contribution in [2.45, 2.75) is 94.6 Å². The van der Waals surface area contributed by atoms with Gasteiger partial charge in [-0.1, -0.05) is 30.3 Å². The Morgan fingerprint density at radius 3 is 2.67 bits per heavy atom. The van der Waals surface area contributed by atoms with Crippen LogP contribution < -0.4 is 15.4 Å². The van der Waals surface area contributed by atoms with E-state index < -0.39 is 6.10 Å². The van der Waals surface area contributed by atoms with Crippen LogP contribution in [0.15, 0.2) is 42.6 Å². The first kappa shape index (κ1) is 25.2. The molecule has 3 heterocycles. The molecule has 1 saturated heterocycles. The highest BCUT2D eigenvalue weighted by molar-refractivity contribution is 5.73. The van der Waals surface area contributed by atoms with Crippen LogP contribution in [0.3, 0.4) is 0 Å². The largest absolute Gasteiger partial charge is 0.471 e. The van der Waals surface area contributed by atoms with Gasteiger partial charge in [0.2, 0.25) is 11.8 Å². The SMILES string of the molecule is CC(=O)N[C@@H](Cc1ccccc1)[C@@H](O)CN[C@H]1CC2(CCC2)Oc2ncc(C[C@]3(C)CCCO3)cc21. The zero-order valence-corrected chi connectivity index (χ0v) is 21.5. The van der Waals surface area contributed by atoms with E-state index in [9.17, 15) is 9.90 Å². The second kappa shape index (κ2) is 10.5. The van der Waals surface area contributed by atoms with E-state index in [4.69, 9.17) is 14.5 Å². The summed E-state index contributed by atoms with van der Waals surface area (Å²) < 4.78 is 12.4. The molecule has 1 amide bonds. The number of rotatable bonds is 9. The number of ether oxygens (including phenoxy) is 2. The Balaban J connectivity index is 1.31. The number of fused-ring (bicyclic) bond motifs is 1. The molecule has 1 saturated carbocycles. The Morgan fingerprint density at radius 1 is 1.19 bits per heavy atom. The van der Waals surface area contributed by atoms with Gasteiger partial charge in [0.1, 0.15) is 5.60 Å². The summed E-state index contributed by atoms with van der Waals surface area (Å²) in [6.07, 6.45) is 8.84. The molecule has 1 spiro atoms. The lowest BCUT2D eigenvalue weighted by Crippen LogP contribution is -2.52. The third-order valence-electron chi connectivity index (χ3n) is 8.07. The van der Waals surface area contributed by atoms with Crippen molar-refractivity contribution in [1.82, 2.24) is 15.6 Å². The lowest BCUT2D eigenvalue weighted by atomic mass is 9.73. The molecular formula is C29H39N3O4. The molecule has 194 valence electrons. The molecule has 7 nitrogen and oxygen atoms in total. The first-order valence-corrected chi connectivity index (χ1v) is 13.4. The third kappa shape index (κ3) is 5.74. The Hall–Kier alpha value is -2.48. The van der Waals surface area contributed by atoms with Crippen molar-refractivity contribution in [3.8, 4) is 5.88 Å². The molecule has 2 fully saturated rings. The molecular weight excluding hydrogens is 454 g/mol. The second-order valence-electron chi connectivity index (χ2n) is 11.2. The topological polar surface area (TPSA) is 92.7 Å². The molecule has 0 bridgehead atoms. The molecule has 0 radical (unpaired) electrons. The number of carbonyl (C=O) groups excluding carboxylic acids is 1. The number of aliphatic hydroxyl groups is 1. The molecule has 3 N–H and O–H groups in total. The predicted octanol–water partition coefficient (Wildman–Crippen LogP) is 3.64. The Bertz CT molecular complexity index is 1050. The Kier molecular flexibility index (Phi) is 7.33. The van der Waals surface area contributed by atoms with Gasteiger partial charge >= 0.3 is 0 Å². The van der Waals surface area contributed by atoms with E-state index in [1.807, 2.05) is 36.5 Å². The number of aromatic nitrogens is 1. The fraction of sp³-hybridized carbons (Fsp3) is 0.586. The Labute approximate surface area is 214 Å².